The summed E-state index contributed by atoms with van der Waals surface area (Å²) in [7, 11) is -0.127. The van der Waals surface area contributed by atoms with E-state index in [0.717, 1.165) is 29.8 Å². The van der Waals surface area contributed by atoms with Crippen molar-refractivity contribution in [2.45, 2.75) is 25.7 Å². The standard InChI is InChI=1S/C29H29F2O11PS2/c1-38-19-13-21-15(11-23(44-21)17(32)5-6-25(34)35)26(30)28(19)41-8-4-9-42-29-20(39-2)14-22-16(27(29)31)12-24(45-22)18(33)7-10-43(36,37)40-3/h11-14H,4-10H2,1-3H3,(H,34,35)(H,36,37). The molecule has 0 aliphatic carbocycles. The lowest BCUT2D eigenvalue weighted by atomic mass is 10.1. The smallest absolute Gasteiger partial charge is 0.328 e. The number of fused-ring (bicyclic) bond motifs is 2. The van der Waals surface area contributed by atoms with Crippen LogP contribution >= 0.6 is 30.3 Å². The molecule has 0 radical (unpaired) electrons. The number of carbonyl (C=O) groups excluding carboxylic acids is 2. The highest BCUT2D eigenvalue weighted by atomic mass is 32.1. The predicted molar refractivity (Wildman–Crippen MR) is 164 cm³/mol. The van der Waals surface area contributed by atoms with Gasteiger partial charge in [0.05, 0.1) is 49.8 Å². The second-order valence-corrected chi connectivity index (χ2v) is 13.8. The number of carbonyl (C=O) groups is 3. The number of ketones is 2. The molecule has 0 fully saturated rings. The third-order valence-electron chi connectivity index (χ3n) is 6.61. The van der Waals surface area contributed by atoms with Gasteiger partial charge in [-0.1, -0.05) is 0 Å². The highest BCUT2D eigenvalue weighted by Gasteiger charge is 2.24. The van der Waals surface area contributed by atoms with Crippen LogP contribution in [-0.4, -0.2) is 68.2 Å². The van der Waals surface area contributed by atoms with E-state index in [2.05, 4.69) is 4.52 Å². The molecule has 16 heteroatoms. The van der Waals surface area contributed by atoms with E-state index in [0.29, 0.717) is 9.40 Å². The number of carboxylic acid groups (broad SMARTS) is 1. The minimum Gasteiger partial charge on any atom is -0.493 e. The van der Waals surface area contributed by atoms with Crippen molar-refractivity contribution >= 4 is 68.0 Å². The van der Waals surface area contributed by atoms with Crippen LogP contribution in [0, 0.1) is 11.6 Å². The van der Waals surface area contributed by atoms with E-state index in [9.17, 15) is 23.8 Å². The Labute approximate surface area is 263 Å². The minimum absolute atomic E-state index is 0.0488. The summed E-state index contributed by atoms with van der Waals surface area (Å²) < 4.78 is 69.8. The number of methoxy groups -OCH3 is 2. The molecular weight excluding hydrogens is 657 g/mol. The van der Waals surface area contributed by atoms with Crippen LogP contribution in [0.3, 0.4) is 0 Å². The van der Waals surface area contributed by atoms with Gasteiger partial charge in [0, 0.05) is 58.7 Å². The van der Waals surface area contributed by atoms with Gasteiger partial charge in [-0.25, -0.2) is 8.78 Å². The number of Topliss-reactive ketones (excluding diaryl/α,β-unsaturated/α-hetero) is 2. The Hall–Kier alpha value is -3.62. The molecule has 45 heavy (non-hydrogen) atoms. The molecule has 0 amide bonds. The first-order valence-corrected chi connectivity index (χ1v) is 16.8. The second-order valence-electron chi connectivity index (χ2n) is 9.57. The van der Waals surface area contributed by atoms with Gasteiger partial charge in [-0.15, -0.1) is 22.7 Å². The summed E-state index contributed by atoms with van der Waals surface area (Å²) in [4.78, 5) is 45.7. The Kier molecular flexibility index (Phi) is 11.2. The van der Waals surface area contributed by atoms with Gasteiger partial charge in [-0.3, -0.25) is 18.9 Å². The Morgan fingerprint density at radius 3 is 1.67 bits per heavy atom. The summed E-state index contributed by atoms with van der Waals surface area (Å²) >= 11 is 2.03. The quantitative estimate of drug-likeness (QED) is 0.0692. The van der Waals surface area contributed by atoms with Crippen molar-refractivity contribution in [1.82, 2.24) is 0 Å². The Bertz CT molecular complexity index is 1800. The third-order valence-corrected chi connectivity index (χ3v) is 10.2. The Morgan fingerprint density at radius 2 is 1.24 bits per heavy atom. The van der Waals surface area contributed by atoms with Crippen LogP contribution in [-0.2, 0) is 13.9 Å². The van der Waals surface area contributed by atoms with Crippen molar-refractivity contribution in [1.29, 1.82) is 0 Å². The zero-order valence-corrected chi connectivity index (χ0v) is 26.9. The highest BCUT2D eigenvalue weighted by molar-refractivity contribution is 7.52. The van der Waals surface area contributed by atoms with Gasteiger partial charge in [0.15, 0.2) is 46.2 Å². The van der Waals surface area contributed by atoms with Crippen molar-refractivity contribution < 1.29 is 61.2 Å². The number of hydrogen-bond donors (Lipinski definition) is 2. The fourth-order valence-electron chi connectivity index (χ4n) is 4.25. The Balaban J connectivity index is 1.43. The summed E-state index contributed by atoms with van der Waals surface area (Å²) in [5.74, 6) is -3.65. The van der Waals surface area contributed by atoms with Crippen LogP contribution in [0.15, 0.2) is 24.3 Å². The normalized spacial score (nSPS) is 12.7. The summed E-state index contributed by atoms with van der Waals surface area (Å²) in [5, 5.41) is 9.07. The maximum atomic E-state index is 15.5. The summed E-state index contributed by atoms with van der Waals surface area (Å²) in [6.45, 7) is -0.100. The molecule has 1 atom stereocenters. The van der Waals surface area contributed by atoms with E-state index in [1.807, 2.05) is 0 Å². The van der Waals surface area contributed by atoms with E-state index in [-0.39, 0.29) is 88.6 Å². The number of rotatable bonds is 17. The van der Waals surface area contributed by atoms with Crippen LogP contribution in [0.25, 0.3) is 20.2 Å². The summed E-state index contributed by atoms with van der Waals surface area (Å²) in [6, 6.07) is 5.75. The van der Waals surface area contributed by atoms with Gasteiger partial charge >= 0.3 is 13.6 Å². The van der Waals surface area contributed by atoms with Crippen molar-refractivity contribution in [2.24, 2.45) is 0 Å². The topological polar surface area (TPSA) is 155 Å². The average Bonchev–Trinajstić information content (AvgIpc) is 3.65. The molecule has 1 unspecified atom stereocenters. The van der Waals surface area contributed by atoms with Gasteiger partial charge < -0.3 is 33.5 Å². The van der Waals surface area contributed by atoms with Crippen LogP contribution in [0.4, 0.5) is 8.78 Å². The molecule has 0 saturated carbocycles. The second kappa shape index (κ2) is 14.6. The maximum Gasteiger partial charge on any atom is 0.328 e. The van der Waals surface area contributed by atoms with Crippen LogP contribution in [0.5, 0.6) is 23.0 Å². The molecule has 242 valence electrons. The molecular formula is C29H29F2O11PS2. The molecule has 0 spiro atoms. The lowest BCUT2D eigenvalue weighted by Gasteiger charge is -2.14. The molecule has 4 aromatic rings. The Morgan fingerprint density at radius 1 is 0.778 bits per heavy atom. The first-order valence-electron chi connectivity index (χ1n) is 13.4. The first-order chi connectivity index (χ1) is 21.4. The van der Waals surface area contributed by atoms with E-state index in [4.69, 9.17) is 24.1 Å². The molecule has 0 aliphatic heterocycles. The van der Waals surface area contributed by atoms with Crippen molar-refractivity contribution in [2.75, 3.05) is 40.7 Å². The van der Waals surface area contributed by atoms with E-state index in [1.165, 1.54) is 38.5 Å². The van der Waals surface area contributed by atoms with Crippen molar-refractivity contribution in [3.63, 3.8) is 0 Å². The van der Waals surface area contributed by atoms with Gasteiger partial charge in [-0.05, 0) is 12.1 Å². The maximum absolute atomic E-state index is 15.5. The SMILES string of the molecule is COc1cc2sc(C(=O)CCC(=O)O)cc2c(F)c1OCCCOc1c(OC)cc2sc(C(=O)CCP(=O)(O)OC)cc2c1F. The van der Waals surface area contributed by atoms with E-state index in [1.54, 1.807) is 0 Å². The number of ether oxygens (including phenoxy) is 4. The van der Waals surface area contributed by atoms with Crippen LogP contribution in [0.1, 0.15) is 45.0 Å². The molecule has 0 bridgehead atoms. The van der Waals surface area contributed by atoms with Crippen LogP contribution in [0.2, 0.25) is 0 Å². The lowest BCUT2D eigenvalue weighted by Crippen LogP contribution is -2.08. The zero-order chi connectivity index (χ0) is 32.9. The molecule has 2 aromatic heterocycles. The number of benzene rings is 2. The summed E-state index contributed by atoms with van der Waals surface area (Å²) in [5.41, 5.74) is 0. The molecule has 0 aliphatic rings. The minimum atomic E-state index is -3.87. The third kappa shape index (κ3) is 7.97. The number of aliphatic carboxylic acids is 1. The molecule has 2 aromatic carbocycles. The van der Waals surface area contributed by atoms with Gasteiger partial charge in [0.2, 0.25) is 0 Å². The molecule has 0 saturated heterocycles. The largest absolute Gasteiger partial charge is 0.493 e. The average molecular weight is 687 g/mol. The first kappa shape index (κ1) is 34.3. The van der Waals surface area contributed by atoms with Crippen LogP contribution < -0.4 is 18.9 Å². The van der Waals surface area contributed by atoms with Crippen molar-refractivity contribution in [3.8, 4) is 23.0 Å². The molecule has 2 heterocycles. The number of thiophene rings is 2. The van der Waals surface area contributed by atoms with Gasteiger partial charge in [-0.2, -0.15) is 0 Å². The van der Waals surface area contributed by atoms with E-state index < -0.39 is 36.8 Å². The number of halogens is 2. The van der Waals surface area contributed by atoms with Gasteiger partial charge in [0.1, 0.15) is 0 Å². The number of carboxylic acids is 1. The fraction of sp³-hybridized carbons (Fsp3) is 0.345. The predicted octanol–water partition coefficient (Wildman–Crippen LogP) is 6.71. The monoisotopic (exact) mass is 686 g/mol. The molecule has 2 N–H and O–H groups in total. The lowest BCUT2D eigenvalue weighted by molar-refractivity contribution is -0.136. The molecule has 4 rings (SSSR count). The van der Waals surface area contributed by atoms with Crippen molar-refractivity contribution in [3.05, 3.63) is 45.7 Å². The number of hydrogen-bond acceptors (Lipinski definition) is 11. The van der Waals surface area contributed by atoms with Gasteiger partial charge in [0.25, 0.3) is 0 Å². The highest BCUT2D eigenvalue weighted by Crippen LogP contribution is 2.44. The zero-order valence-electron chi connectivity index (χ0n) is 24.3. The molecule has 11 nitrogen and oxygen atoms in total. The fourth-order valence-corrected chi connectivity index (χ4v) is 7.03. The van der Waals surface area contributed by atoms with E-state index >= 15 is 8.78 Å². The summed E-state index contributed by atoms with van der Waals surface area (Å²) in [6.07, 6.45) is -0.979.